The Morgan fingerprint density at radius 3 is 2.68 bits per heavy atom. The van der Waals surface area contributed by atoms with Gasteiger partial charge in [0.2, 0.25) is 9.84 Å². The number of aryl methyl sites for hydroxylation is 1. The van der Waals surface area contributed by atoms with Crippen molar-refractivity contribution in [3.05, 3.63) is 34.2 Å². The molecule has 3 nitrogen and oxygen atoms in total. The van der Waals surface area contributed by atoms with Gasteiger partial charge in [-0.3, -0.25) is 0 Å². The minimum Gasteiger partial charge on any atom is -0.309 e. The molecule has 1 fully saturated rings. The van der Waals surface area contributed by atoms with Gasteiger partial charge in [-0.1, -0.05) is 31.0 Å². The first kappa shape index (κ1) is 12.9. The molecule has 0 atom stereocenters. The number of fused-ring (bicyclic) bond motifs is 1. The zero-order valence-corrected chi connectivity index (χ0v) is 12.0. The number of rotatable bonds is 3. The van der Waals surface area contributed by atoms with Crippen molar-refractivity contribution in [2.75, 3.05) is 6.54 Å². The summed E-state index contributed by atoms with van der Waals surface area (Å²) in [6.45, 7) is 2.32. The number of sulfone groups is 1. The van der Waals surface area contributed by atoms with Crippen LogP contribution in [0.3, 0.4) is 0 Å². The van der Waals surface area contributed by atoms with E-state index in [-0.39, 0.29) is 0 Å². The third-order valence-electron chi connectivity index (χ3n) is 4.09. The van der Waals surface area contributed by atoms with Crippen LogP contribution in [0.15, 0.2) is 28.0 Å². The van der Waals surface area contributed by atoms with Crippen LogP contribution in [-0.2, 0) is 9.84 Å². The van der Waals surface area contributed by atoms with Gasteiger partial charge in [0.1, 0.15) is 0 Å². The van der Waals surface area contributed by atoms with Crippen molar-refractivity contribution >= 4 is 15.9 Å². The van der Waals surface area contributed by atoms with Crippen LogP contribution in [0.2, 0.25) is 0 Å². The maximum absolute atomic E-state index is 12.5. The predicted molar refractivity (Wildman–Crippen MR) is 76.6 cm³/mol. The fourth-order valence-electron chi connectivity index (χ4n) is 3.06. The molecule has 3 rings (SSSR count). The Kier molecular flexibility index (Phi) is 3.23. The molecule has 1 aromatic carbocycles. The van der Waals surface area contributed by atoms with E-state index in [1.165, 1.54) is 25.7 Å². The molecule has 1 heterocycles. The second-order valence-corrected chi connectivity index (χ2v) is 7.41. The number of benzene rings is 1. The largest absolute Gasteiger partial charge is 0.309 e. The minimum absolute atomic E-state index is 0.459. The quantitative estimate of drug-likeness (QED) is 0.924. The van der Waals surface area contributed by atoms with Crippen LogP contribution in [-0.4, -0.2) is 21.0 Å². The molecule has 0 bridgehead atoms. The highest BCUT2D eigenvalue weighted by Gasteiger charge is 2.31. The predicted octanol–water partition coefficient (Wildman–Crippen LogP) is 2.66. The highest BCUT2D eigenvalue weighted by molar-refractivity contribution is 7.96. The lowest BCUT2D eigenvalue weighted by atomic mass is 10.1. The summed E-state index contributed by atoms with van der Waals surface area (Å²) >= 11 is 0. The molecule has 0 saturated heterocycles. The molecule has 0 spiro atoms. The van der Waals surface area contributed by atoms with Gasteiger partial charge in [0.15, 0.2) is 0 Å². The maximum atomic E-state index is 12.5. The second kappa shape index (κ2) is 4.76. The molecule has 1 aromatic rings. The summed E-state index contributed by atoms with van der Waals surface area (Å²) in [4.78, 5) is 1.02. The monoisotopic (exact) mass is 277 g/mol. The molecule has 1 aliphatic carbocycles. The van der Waals surface area contributed by atoms with Crippen molar-refractivity contribution in [3.8, 4) is 0 Å². The molecule has 1 aliphatic heterocycles. The Bertz CT molecular complexity index is 626. The molecule has 0 radical (unpaired) electrons. The average Bonchev–Trinajstić information content (AvgIpc) is 2.94. The van der Waals surface area contributed by atoms with Gasteiger partial charge in [-0.05, 0) is 37.0 Å². The summed E-state index contributed by atoms with van der Waals surface area (Å²) < 4.78 is 25.0. The van der Waals surface area contributed by atoms with Gasteiger partial charge in [-0.25, -0.2) is 8.42 Å². The first-order valence-corrected chi connectivity index (χ1v) is 8.36. The van der Waals surface area contributed by atoms with Crippen molar-refractivity contribution in [2.45, 2.75) is 43.5 Å². The van der Waals surface area contributed by atoms with Crippen LogP contribution in [0.1, 0.15) is 36.8 Å². The van der Waals surface area contributed by atoms with Gasteiger partial charge in [0, 0.05) is 12.6 Å². The van der Waals surface area contributed by atoms with E-state index in [9.17, 15) is 8.42 Å². The van der Waals surface area contributed by atoms with E-state index in [4.69, 9.17) is 0 Å². The van der Waals surface area contributed by atoms with Crippen molar-refractivity contribution in [3.63, 3.8) is 0 Å². The van der Waals surface area contributed by atoms with E-state index in [0.717, 1.165) is 11.1 Å². The summed E-state index contributed by atoms with van der Waals surface area (Å²) in [5.41, 5.74) is 1.67. The van der Waals surface area contributed by atoms with Gasteiger partial charge in [0.25, 0.3) is 0 Å². The minimum atomic E-state index is -3.27. The standard InChI is InChI=1S/C15H19NO2S/c1-11-5-4-6-12-9-14(19(17,18)15(11)12)10-16-13-7-2-3-8-13/h4-6,9,13,16H,2-3,7-8,10H2,1H3. The molecule has 4 heteroatoms. The van der Waals surface area contributed by atoms with Crippen LogP contribution in [0.25, 0.3) is 6.08 Å². The molecular formula is C15H19NO2S. The number of nitrogens with one attached hydrogen (secondary N) is 1. The van der Waals surface area contributed by atoms with Gasteiger partial charge in [0.05, 0.1) is 9.80 Å². The molecule has 1 saturated carbocycles. The molecule has 1 N–H and O–H groups in total. The lowest BCUT2D eigenvalue weighted by Gasteiger charge is -2.12. The average molecular weight is 277 g/mol. The summed E-state index contributed by atoms with van der Waals surface area (Å²) in [5.74, 6) is 0. The summed E-state index contributed by atoms with van der Waals surface area (Å²) in [7, 11) is -3.27. The summed E-state index contributed by atoms with van der Waals surface area (Å²) in [6, 6.07) is 6.13. The van der Waals surface area contributed by atoms with Gasteiger partial charge in [-0.15, -0.1) is 0 Å². The van der Waals surface area contributed by atoms with E-state index >= 15 is 0 Å². The van der Waals surface area contributed by atoms with E-state index in [0.29, 0.717) is 22.4 Å². The zero-order chi connectivity index (χ0) is 13.5. The summed E-state index contributed by atoms with van der Waals surface area (Å²) in [6.07, 6.45) is 6.66. The van der Waals surface area contributed by atoms with Crippen molar-refractivity contribution in [1.29, 1.82) is 0 Å². The Morgan fingerprint density at radius 1 is 1.26 bits per heavy atom. The molecule has 2 aliphatic rings. The normalized spacial score (nSPS) is 21.4. The maximum Gasteiger partial charge on any atom is 0.204 e. The van der Waals surface area contributed by atoms with E-state index in [1.54, 1.807) is 0 Å². The van der Waals surface area contributed by atoms with Crippen molar-refractivity contribution in [1.82, 2.24) is 5.32 Å². The zero-order valence-electron chi connectivity index (χ0n) is 11.1. The van der Waals surface area contributed by atoms with E-state index in [1.807, 2.05) is 31.2 Å². The molecule has 0 aromatic heterocycles. The molecule has 102 valence electrons. The molecule has 0 unspecified atom stereocenters. The third-order valence-corrected chi connectivity index (χ3v) is 6.14. The Labute approximate surface area is 114 Å². The molecule has 0 amide bonds. The van der Waals surface area contributed by atoms with Crippen LogP contribution >= 0.6 is 0 Å². The highest BCUT2D eigenvalue weighted by atomic mass is 32.2. The SMILES string of the molecule is Cc1cccc2c1S(=O)(=O)C(CNC1CCCC1)=C2. The van der Waals surface area contributed by atoms with Crippen molar-refractivity contribution < 1.29 is 8.42 Å². The third kappa shape index (κ3) is 2.23. The Hall–Kier alpha value is -1.13. The van der Waals surface area contributed by atoms with Gasteiger partial charge >= 0.3 is 0 Å². The lowest BCUT2D eigenvalue weighted by molar-refractivity contribution is 0.550. The first-order chi connectivity index (χ1) is 9.09. The fourth-order valence-corrected chi connectivity index (χ4v) is 4.81. The smallest absolute Gasteiger partial charge is 0.204 e. The van der Waals surface area contributed by atoms with Crippen LogP contribution in [0.4, 0.5) is 0 Å². The molecule has 19 heavy (non-hydrogen) atoms. The number of hydrogen-bond donors (Lipinski definition) is 1. The van der Waals surface area contributed by atoms with E-state index in [2.05, 4.69) is 5.32 Å². The topological polar surface area (TPSA) is 46.2 Å². The van der Waals surface area contributed by atoms with Crippen LogP contribution in [0.5, 0.6) is 0 Å². The lowest BCUT2D eigenvalue weighted by Crippen LogP contribution is -2.29. The molecular weight excluding hydrogens is 258 g/mol. The van der Waals surface area contributed by atoms with Crippen LogP contribution < -0.4 is 5.32 Å². The Balaban J connectivity index is 1.83. The van der Waals surface area contributed by atoms with Gasteiger partial charge in [-0.2, -0.15) is 0 Å². The van der Waals surface area contributed by atoms with Gasteiger partial charge < -0.3 is 5.32 Å². The summed E-state index contributed by atoms with van der Waals surface area (Å²) in [5, 5.41) is 3.39. The second-order valence-electron chi connectivity index (χ2n) is 5.47. The fraction of sp³-hybridized carbons (Fsp3) is 0.467. The van der Waals surface area contributed by atoms with E-state index < -0.39 is 9.84 Å². The highest BCUT2D eigenvalue weighted by Crippen LogP contribution is 2.34. The first-order valence-electron chi connectivity index (χ1n) is 6.88. The Morgan fingerprint density at radius 2 is 2.00 bits per heavy atom. The number of hydrogen-bond acceptors (Lipinski definition) is 3. The van der Waals surface area contributed by atoms with Crippen LogP contribution in [0, 0.1) is 6.92 Å². The van der Waals surface area contributed by atoms with Crippen molar-refractivity contribution in [2.24, 2.45) is 0 Å².